The molecule has 17 heavy (non-hydrogen) atoms. The van der Waals surface area contributed by atoms with Crippen LogP contribution in [0.15, 0.2) is 10.9 Å². The molecule has 0 aromatic carbocycles. The van der Waals surface area contributed by atoms with Gasteiger partial charge in [-0.2, -0.15) is 4.98 Å². The Balaban J connectivity index is 1.77. The van der Waals surface area contributed by atoms with Crippen molar-refractivity contribution in [3.05, 3.63) is 12.2 Å². The van der Waals surface area contributed by atoms with Gasteiger partial charge in [-0.15, -0.1) is 0 Å². The Kier molecular flexibility index (Phi) is 4.08. The zero-order chi connectivity index (χ0) is 12.1. The van der Waals surface area contributed by atoms with E-state index < -0.39 is 0 Å². The topological polar surface area (TPSA) is 71.3 Å². The summed E-state index contributed by atoms with van der Waals surface area (Å²) >= 11 is 0. The van der Waals surface area contributed by atoms with Crippen molar-refractivity contribution in [2.24, 2.45) is 0 Å². The van der Waals surface area contributed by atoms with Crippen LogP contribution in [-0.4, -0.2) is 46.6 Å². The fourth-order valence-corrected chi connectivity index (χ4v) is 2.01. The number of aromatic nitrogens is 2. The van der Waals surface area contributed by atoms with Crippen LogP contribution < -0.4 is 5.32 Å². The largest absolute Gasteiger partial charge is 0.341 e. The van der Waals surface area contributed by atoms with E-state index in [0.717, 1.165) is 25.9 Å². The highest BCUT2D eigenvalue weighted by molar-refractivity contribution is 5.83. The Bertz CT molecular complexity index is 352. The minimum Gasteiger partial charge on any atom is -0.341 e. The molecule has 1 aromatic rings. The minimum absolute atomic E-state index is 0.00219. The van der Waals surface area contributed by atoms with Crippen molar-refractivity contribution in [1.82, 2.24) is 20.4 Å². The van der Waals surface area contributed by atoms with Crippen LogP contribution in [0.3, 0.4) is 0 Å². The number of amides is 1. The zero-order valence-corrected chi connectivity index (χ0v) is 10.1. The van der Waals surface area contributed by atoms with Crippen LogP contribution >= 0.6 is 0 Å². The first kappa shape index (κ1) is 12.0. The number of hydrogen-bond acceptors (Lipinski definition) is 5. The van der Waals surface area contributed by atoms with Gasteiger partial charge in [0.15, 0.2) is 6.33 Å². The number of carbonyl (C=O) groups excluding carboxylic acids is 1. The Morgan fingerprint density at radius 2 is 2.53 bits per heavy atom. The number of likely N-dealkylation sites (tertiary alicyclic amines) is 1. The second-order valence-electron chi connectivity index (χ2n) is 4.21. The quantitative estimate of drug-likeness (QED) is 0.767. The lowest BCUT2D eigenvalue weighted by Gasteiger charge is -2.15. The molecule has 1 aliphatic heterocycles. The molecule has 0 radical (unpaired) electrons. The Morgan fingerprint density at radius 3 is 3.24 bits per heavy atom. The van der Waals surface area contributed by atoms with E-state index in [9.17, 15) is 4.79 Å². The predicted octanol–water partition coefficient (Wildman–Crippen LogP) is 0.213. The molecular formula is C11H18N4O2. The molecule has 94 valence electrons. The van der Waals surface area contributed by atoms with E-state index in [1.165, 1.54) is 6.33 Å². The van der Waals surface area contributed by atoms with E-state index in [1.807, 2.05) is 4.90 Å². The summed E-state index contributed by atoms with van der Waals surface area (Å²) in [5, 5.41) is 6.80. The van der Waals surface area contributed by atoms with Gasteiger partial charge in [-0.3, -0.25) is 4.79 Å². The van der Waals surface area contributed by atoms with Crippen LogP contribution in [0.4, 0.5) is 0 Å². The van der Waals surface area contributed by atoms with E-state index in [0.29, 0.717) is 18.9 Å². The third-order valence-electron chi connectivity index (χ3n) is 2.94. The SMILES string of the molecule is CCCNC1CCN(CCc2ncno2)C1=O. The van der Waals surface area contributed by atoms with Crippen LogP contribution in [0.5, 0.6) is 0 Å². The molecule has 1 unspecified atom stereocenters. The van der Waals surface area contributed by atoms with E-state index in [1.54, 1.807) is 0 Å². The van der Waals surface area contributed by atoms with Crippen molar-refractivity contribution >= 4 is 5.91 Å². The minimum atomic E-state index is -0.00219. The molecule has 1 fully saturated rings. The van der Waals surface area contributed by atoms with E-state index in [4.69, 9.17) is 4.52 Å². The maximum Gasteiger partial charge on any atom is 0.239 e. The summed E-state index contributed by atoms with van der Waals surface area (Å²) < 4.78 is 4.91. The molecule has 0 saturated carbocycles. The van der Waals surface area contributed by atoms with E-state index >= 15 is 0 Å². The van der Waals surface area contributed by atoms with Crippen molar-refractivity contribution in [2.75, 3.05) is 19.6 Å². The van der Waals surface area contributed by atoms with Gasteiger partial charge < -0.3 is 14.7 Å². The predicted molar refractivity (Wildman–Crippen MR) is 61.3 cm³/mol. The van der Waals surface area contributed by atoms with Gasteiger partial charge in [-0.05, 0) is 19.4 Å². The number of hydrogen-bond donors (Lipinski definition) is 1. The standard InChI is InChI=1S/C11H18N4O2/c1-2-5-12-9-3-6-15(11(9)16)7-4-10-13-8-14-17-10/h8-9,12H,2-7H2,1H3. The number of rotatable bonds is 6. The molecule has 0 spiro atoms. The van der Waals surface area contributed by atoms with Gasteiger partial charge >= 0.3 is 0 Å². The molecule has 1 amide bonds. The van der Waals surface area contributed by atoms with Gasteiger partial charge in [0.05, 0.1) is 6.04 Å². The first-order valence-electron chi connectivity index (χ1n) is 6.09. The summed E-state index contributed by atoms with van der Waals surface area (Å²) in [4.78, 5) is 17.8. The number of nitrogens with one attached hydrogen (secondary N) is 1. The van der Waals surface area contributed by atoms with Crippen molar-refractivity contribution in [1.29, 1.82) is 0 Å². The molecule has 1 N–H and O–H groups in total. The van der Waals surface area contributed by atoms with Crippen LogP contribution in [0.25, 0.3) is 0 Å². The molecule has 1 aliphatic rings. The lowest BCUT2D eigenvalue weighted by Crippen LogP contribution is -2.39. The smallest absolute Gasteiger partial charge is 0.239 e. The first-order chi connectivity index (χ1) is 8.31. The van der Waals surface area contributed by atoms with E-state index in [2.05, 4.69) is 22.4 Å². The van der Waals surface area contributed by atoms with Crippen molar-refractivity contribution in [2.45, 2.75) is 32.2 Å². The van der Waals surface area contributed by atoms with Gasteiger partial charge in [0.2, 0.25) is 11.8 Å². The molecular weight excluding hydrogens is 220 g/mol. The molecule has 1 aromatic heterocycles. The summed E-state index contributed by atoms with van der Waals surface area (Å²) in [6.45, 7) is 4.47. The summed E-state index contributed by atoms with van der Waals surface area (Å²) in [5.74, 6) is 0.778. The second-order valence-corrected chi connectivity index (χ2v) is 4.21. The van der Waals surface area contributed by atoms with Gasteiger partial charge in [-0.25, -0.2) is 0 Å². The summed E-state index contributed by atoms with van der Waals surface area (Å²) in [6, 6.07) is -0.00219. The van der Waals surface area contributed by atoms with E-state index in [-0.39, 0.29) is 11.9 Å². The summed E-state index contributed by atoms with van der Waals surface area (Å²) in [5.41, 5.74) is 0. The maximum atomic E-state index is 12.0. The van der Waals surface area contributed by atoms with Gasteiger partial charge in [0.25, 0.3) is 0 Å². The molecule has 1 atom stereocenters. The van der Waals surface area contributed by atoms with Gasteiger partial charge in [-0.1, -0.05) is 12.1 Å². The summed E-state index contributed by atoms with van der Waals surface area (Å²) in [6.07, 6.45) is 3.95. The van der Waals surface area contributed by atoms with Crippen LogP contribution in [-0.2, 0) is 11.2 Å². The highest BCUT2D eigenvalue weighted by atomic mass is 16.5. The Labute approximate surface area is 100 Å². The second kappa shape index (κ2) is 5.77. The highest BCUT2D eigenvalue weighted by Gasteiger charge is 2.30. The zero-order valence-electron chi connectivity index (χ0n) is 10.1. The Hall–Kier alpha value is -1.43. The highest BCUT2D eigenvalue weighted by Crippen LogP contribution is 2.11. The third kappa shape index (κ3) is 3.03. The first-order valence-corrected chi connectivity index (χ1v) is 6.09. The average Bonchev–Trinajstić information content (AvgIpc) is 2.95. The summed E-state index contributed by atoms with van der Waals surface area (Å²) in [7, 11) is 0. The molecule has 6 nitrogen and oxygen atoms in total. The van der Waals surface area contributed by atoms with Crippen molar-refractivity contribution in [3.63, 3.8) is 0 Å². The van der Waals surface area contributed by atoms with Gasteiger partial charge in [0, 0.05) is 19.5 Å². The lowest BCUT2D eigenvalue weighted by atomic mass is 10.2. The van der Waals surface area contributed by atoms with Crippen molar-refractivity contribution in [3.8, 4) is 0 Å². The monoisotopic (exact) mass is 238 g/mol. The number of carbonyl (C=O) groups is 1. The molecule has 0 bridgehead atoms. The molecule has 6 heteroatoms. The van der Waals surface area contributed by atoms with Gasteiger partial charge in [0.1, 0.15) is 0 Å². The normalized spacial score (nSPS) is 20.2. The molecule has 0 aliphatic carbocycles. The number of nitrogens with zero attached hydrogens (tertiary/aromatic N) is 3. The molecule has 2 heterocycles. The fraction of sp³-hybridized carbons (Fsp3) is 0.727. The van der Waals surface area contributed by atoms with Crippen LogP contribution in [0, 0.1) is 0 Å². The molecule has 2 rings (SSSR count). The third-order valence-corrected chi connectivity index (χ3v) is 2.94. The molecule has 1 saturated heterocycles. The van der Waals surface area contributed by atoms with Crippen LogP contribution in [0.2, 0.25) is 0 Å². The van der Waals surface area contributed by atoms with Crippen molar-refractivity contribution < 1.29 is 9.32 Å². The van der Waals surface area contributed by atoms with Crippen LogP contribution in [0.1, 0.15) is 25.7 Å². The Morgan fingerprint density at radius 1 is 1.65 bits per heavy atom. The maximum absolute atomic E-state index is 12.0. The average molecular weight is 238 g/mol. The fourth-order valence-electron chi connectivity index (χ4n) is 2.01. The lowest BCUT2D eigenvalue weighted by molar-refractivity contribution is -0.129.